The van der Waals surface area contributed by atoms with Gasteiger partial charge in [0, 0.05) is 45.2 Å². The van der Waals surface area contributed by atoms with Gasteiger partial charge >= 0.3 is 0 Å². The summed E-state index contributed by atoms with van der Waals surface area (Å²) in [6.45, 7) is 8.05. The van der Waals surface area contributed by atoms with Crippen molar-refractivity contribution in [1.82, 2.24) is 15.5 Å². The van der Waals surface area contributed by atoms with E-state index in [1.807, 2.05) is 24.3 Å². The van der Waals surface area contributed by atoms with Gasteiger partial charge in [-0.15, -0.1) is 24.0 Å². The molecule has 0 radical (unpaired) electrons. The molecular formula is C24H35IN4O. The van der Waals surface area contributed by atoms with Crippen LogP contribution in [0.2, 0.25) is 0 Å². The van der Waals surface area contributed by atoms with Crippen molar-refractivity contribution >= 4 is 35.8 Å². The van der Waals surface area contributed by atoms with E-state index in [-0.39, 0.29) is 35.3 Å². The Morgan fingerprint density at radius 3 is 2.03 bits per heavy atom. The summed E-state index contributed by atoms with van der Waals surface area (Å²) in [4.78, 5) is 17.9. The van der Waals surface area contributed by atoms with Gasteiger partial charge in [0.15, 0.2) is 5.96 Å². The first-order chi connectivity index (χ1) is 13.8. The Morgan fingerprint density at radius 2 is 1.53 bits per heavy atom. The van der Waals surface area contributed by atoms with Gasteiger partial charge in [-0.05, 0) is 35.2 Å². The number of carbonyl (C=O) groups is 1. The number of hydrogen-bond acceptors (Lipinski definition) is 2. The van der Waals surface area contributed by atoms with Crippen molar-refractivity contribution in [3.63, 3.8) is 0 Å². The molecule has 0 aromatic heterocycles. The summed E-state index contributed by atoms with van der Waals surface area (Å²) in [6.07, 6.45) is 1.06. The Balaban J connectivity index is 0.00000450. The number of aliphatic imine (C=N–C) groups is 1. The lowest BCUT2D eigenvalue weighted by molar-refractivity contribution is 0.0827. The molecule has 0 spiro atoms. The summed E-state index contributed by atoms with van der Waals surface area (Å²) >= 11 is 0. The van der Waals surface area contributed by atoms with Gasteiger partial charge in [-0.3, -0.25) is 9.79 Å². The van der Waals surface area contributed by atoms with E-state index in [1.54, 1.807) is 26.0 Å². The summed E-state index contributed by atoms with van der Waals surface area (Å²) in [5, 5.41) is 6.77. The maximum atomic E-state index is 12.0. The number of hydrogen-bond donors (Lipinski definition) is 2. The molecule has 30 heavy (non-hydrogen) atoms. The first-order valence-electron chi connectivity index (χ1n) is 10.1. The highest BCUT2D eigenvalue weighted by Crippen LogP contribution is 2.22. The van der Waals surface area contributed by atoms with Gasteiger partial charge in [-0.1, -0.05) is 57.2 Å². The number of benzene rings is 2. The van der Waals surface area contributed by atoms with E-state index in [1.165, 1.54) is 11.1 Å². The predicted octanol–water partition coefficient (Wildman–Crippen LogP) is 4.21. The standard InChI is InChI=1S/C24H34N4O.HI/c1-7-18-10-14-21(15-11-18)24(2,3)17-27-23(25-4)26-16-19-8-12-20(13-9-19)22(29)28(5)6;/h8-15H,7,16-17H2,1-6H3,(H2,25,26,27);1H. The van der Waals surface area contributed by atoms with E-state index < -0.39 is 0 Å². The molecule has 0 aliphatic heterocycles. The summed E-state index contributed by atoms with van der Waals surface area (Å²) in [5.74, 6) is 0.771. The largest absolute Gasteiger partial charge is 0.356 e. The van der Waals surface area contributed by atoms with Crippen LogP contribution >= 0.6 is 24.0 Å². The lowest BCUT2D eigenvalue weighted by Crippen LogP contribution is -2.43. The van der Waals surface area contributed by atoms with Gasteiger partial charge in [0.1, 0.15) is 0 Å². The molecule has 6 heteroatoms. The van der Waals surface area contributed by atoms with Gasteiger partial charge in [-0.25, -0.2) is 0 Å². The quantitative estimate of drug-likeness (QED) is 0.326. The van der Waals surface area contributed by atoms with E-state index >= 15 is 0 Å². The van der Waals surface area contributed by atoms with Crippen LogP contribution in [0, 0.1) is 0 Å². The van der Waals surface area contributed by atoms with Gasteiger partial charge in [0.2, 0.25) is 0 Å². The second-order valence-corrected chi connectivity index (χ2v) is 8.11. The molecule has 0 atom stereocenters. The molecule has 0 heterocycles. The lowest BCUT2D eigenvalue weighted by atomic mass is 9.84. The number of guanidine groups is 1. The monoisotopic (exact) mass is 522 g/mol. The third-order valence-corrected chi connectivity index (χ3v) is 5.13. The number of amides is 1. The van der Waals surface area contributed by atoms with E-state index in [0.29, 0.717) is 12.1 Å². The Morgan fingerprint density at radius 1 is 0.967 bits per heavy atom. The highest BCUT2D eigenvalue weighted by Gasteiger charge is 2.20. The SMILES string of the molecule is CCc1ccc(C(C)(C)CNC(=NC)NCc2ccc(C(=O)N(C)C)cc2)cc1.I. The number of aryl methyl sites for hydroxylation is 1. The molecule has 2 aromatic rings. The molecule has 1 amide bonds. The summed E-state index contributed by atoms with van der Waals surface area (Å²) in [5.41, 5.74) is 4.43. The number of carbonyl (C=O) groups excluding carboxylic acids is 1. The average molecular weight is 522 g/mol. The average Bonchev–Trinajstić information content (AvgIpc) is 2.73. The van der Waals surface area contributed by atoms with Crippen LogP contribution in [-0.2, 0) is 18.4 Å². The second kappa shape index (κ2) is 11.9. The third kappa shape index (κ3) is 7.31. The van der Waals surface area contributed by atoms with Gasteiger partial charge in [0.05, 0.1) is 0 Å². The topological polar surface area (TPSA) is 56.7 Å². The summed E-state index contributed by atoms with van der Waals surface area (Å²) in [7, 11) is 5.29. The molecule has 0 saturated heterocycles. The first-order valence-corrected chi connectivity index (χ1v) is 10.1. The lowest BCUT2D eigenvalue weighted by Gasteiger charge is -2.27. The maximum absolute atomic E-state index is 12.0. The molecule has 164 valence electrons. The molecule has 0 saturated carbocycles. The van der Waals surface area contributed by atoms with Crippen molar-refractivity contribution in [2.75, 3.05) is 27.7 Å². The van der Waals surface area contributed by atoms with Crippen LogP contribution in [0.3, 0.4) is 0 Å². The van der Waals surface area contributed by atoms with E-state index in [0.717, 1.165) is 24.5 Å². The number of nitrogens with zero attached hydrogens (tertiary/aromatic N) is 2. The van der Waals surface area contributed by atoms with Crippen LogP contribution in [0.4, 0.5) is 0 Å². The highest BCUT2D eigenvalue weighted by atomic mass is 127. The van der Waals surface area contributed by atoms with Gasteiger partial charge < -0.3 is 15.5 Å². The minimum Gasteiger partial charge on any atom is -0.356 e. The third-order valence-electron chi connectivity index (χ3n) is 5.13. The highest BCUT2D eigenvalue weighted by molar-refractivity contribution is 14.0. The number of rotatable bonds is 7. The van der Waals surface area contributed by atoms with Crippen LogP contribution in [-0.4, -0.2) is 44.5 Å². The van der Waals surface area contributed by atoms with E-state index in [2.05, 4.69) is 60.7 Å². The molecule has 2 aromatic carbocycles. The Hall–Kier alpha value is -2.09. The smallest absolute Gasteiger partial charge is 0.253 e. The van der Waals surface area contributed by atoms with Crippen molar-refractivity contribution in [2.45, 2.75) is 39.2 Å². The van der Waals surface area contributed by atoms with Crippen molar-refractivity contribution < 1.29 is 4.79 Å². The molecule has 0 fully saturated rings. The molecule has 0 aliphatic carbocycles. The zero-order valence-electron chi connectivity index (χ0n) is 19.0. The maximum Gasteiger partial charge on any atom is 0.253 e. The molecule has 0 aliphatic rings. The fourth-order valence-corrected chi connectivity index (χ4v) is 3.03. The van der Waals surface area contributed by atoms with Gasteiger partial charge in [-0.2, -0.15) is 0 Å². The Kier molecular flexibility index (Phi) is 10.3. The predicted molar refractivity (Wildman–Crippen MR) is 137 cm³/mol. The second-order valence-electron chi connectivity index (χ2n) is 8.11. The molecule has 2 N–H and O–H groups in total. The number of halogens is 1. The molecular weight excluding hydrogens is 487 g/mol. The molecule has 5 nitrogen and oxygen atoms in total. The van der Waals surface area contributed by atoms with Crippen LogP contribution in [0.25, 0.3) is 0 Å². The molecule has 0 bridgehead atoms. The Labute approximate surface area is 198 Å². The molecule has 2 rings (SSSR count). The normalized spacial score (nSPS) is 11.5. The van der Waals surface area contributed by atoms with Crippen molar-refractivity contribution in [3.8, 4) is 0 Å². The van der Waals surface area contributed by atoms with Crippen molar-refractivity contribution in [1.29, 1.82) is 0 Å². The van der Waals surface area contributed by atoms with Crippen LogP contribution in [0.5, 0.6) is 0 Å². The van der Waals surface area contributed by atoms with Crippen LogP contribution < -0.4 is 10.6 Å². The van der Waals surface area contributed by atoms with E-state index in [9.17, 15) is 4.79 Å². The first kappa shape index (κ1) is 25.9. The summed E-state index contributed by atoms with van der Waals surface area (Å²) in [6, 6.07) is 16.5. The minimum absolute atomic E-state index is 0. The molecule has 0 unspecified atom stereocenters. The fraction of sp³-hybridized carbons (Fsp3) is 0.417. The Bertz CT molecular complexity index is 827. The zero-order valence-corrected chi connectivity index (χ0v) is 21.3. The minimum atomic E-state index is -0.0158. The fourth-order valence-electron chi connectivity index (χ4n) is 3.03. The number of nitrogens with one attached hydrogen (secondary N) is 2. The summed E-state index contributed by atoms with van der Waals surface area (Å²) < 4.78 is 0. The van der Waals surface area contributed by atoms with Gasteiger partial charge in [0.25, 0.3) is 5.91 Å². The van der Waals surface area contributed by atoms with Crippen molar-refractivity contribution in [3.05, 3.63) is 70.8 Å². The van der Waals surface area contributed by atoms with Crippen LogP contribution in [0.15, 0.2) is 53.5 Å². The van der Waals surface area contributed by atoms with E-state index in [4.69, 9.17) is 0 Å². The van der Waals surface area contributed by atoms with Crippen LogP contribution in [0.1, 0.15) is 47.8 Å². The van der Waals surface area contributed by atoms with Crippen molar-refractivity contribution in [2.24, 2.45) is 4.99 Å². The zero-order chi connectivity index (χ0) is 21.4.